The highest BCUT2D eigenvalue weighted by Gasteiger charge is 2.63. The van der Waals surface area contributed by atoms with Gasteiger partial charge in [-0.3, -0.25) is 0 Å². The van der Waals surface area contributed by atoms with E-state index in [2.05, 4.69) is 443 Å². The second-order valence-corrected chi connectivity index (χ2v) is 33.6. The van der Waals surface area contributed by atoms with Crippen LogP contribution in [0.15, 0.2) is 261 Å². The molecule has 0 spiro atoms. The van der Waals surface area contributed by atoms with Crippen LogP contribution in [0.3, 0.4) is 0 Å². The number of aryl methyl sites for hydroxylation is 7. The topological polar surface area (TPSA) is 31.1 Å². The van der Waals surface area contributed by atoms with Crippen molar-refractivity contribution in [2.24, 2.45) is 21.1 Å². The molecule has 7 heterocycles. The van der Waals surface area contributed by atoms with Crippen molar-refractivity contribution < 1.29 is 13.7 Å². The van der Waals surface area contributed by atoms with Gasteiger partial charge in [0, 0.05) is 40.7 Å². The zero-order valence-corrected chi connectivity index (χ0v) is 67.7. The minimum atomic E-state index is -0.165. The summed E-state index contributed by atoms with van der Waals surface area (Å²) in [5, 5.41) is 2.65. The zero-order valence-electron chi connectivity index (χ0n) is 67.7. The summed E-state index contributed by atoms with van der Waals surface area (Å²) >= 11 is 0. The van der Waals surface area contributed by atoms with E-state index in [0.717, 1.165) is 5.82 Å². The lowest BCUT2D eigenvalue weighted by atomic mass is 9.82. The van der Waals surface area contributed by atoms with Gasteiger partial charge in [0.1, 0.15) is 18.4 Å². The van der Waals surface area contributed by atoms with E-state index in [1.165, 1.54) is 163 Å². The van der Waals surface area contributed by atoms with E-state index < -0.39 is 0 Å². The number of pyridine rings is 3. The van der Waals surface area contributed by atoms with Gasteiger partial charge >= 0.3 is 14.2 Å². The van der Waals surface area contributed by atoms with E-state index in [1.807, 2.05) is 0 Å². The molecule has 4 aliphatic heterocycles. The number of anilines is 12. The predicted octanol–water partition coefficient (Wildman–Crippen LogP) is 24.0. The maximum absolute atomic E-state index is 2.63. The van der Waals surface area contributed by atoms with Gasteiger partial charge < -0.3 is 19.2 Å². The van der Waals surface area contributed by atoms with Crippen LogP contribution in [0.5, 0.6) is 0 Å². The van der Waals surface area contributed by atoms with Crippen LogP contribution < -0.4 is 42.6 Å². The number of nitrogens with zero attached hydrogens (tertiary/aromatic N) is 9. The number of rotatable bonds is 10. The minimum Gasteiger partial charge on any atom is -0.320 e. The van der Waals surface area contributed by atoms with E-state index >= 15 is 0 Å². The Morgan fingerprint density at radius 3 is 1.18 bits per heavy atom. The normalized spacial score (nSPS) is 13.4. The third kappa shape index (κ3) is 13.0. The van der Waals surface area contributed by atoms with Crippen molar-refractivity contribution in [3.8, 4) is 33.5 Å². The molecular formula is C98H106B2N9+3. The summed E-state index contributed by atoms with van der Waals surface area (Å²) in [6.07, 6.45) is 6.62. The summed E-state index contributed by atoms with van der Waals surface area (Å²) in [7, 11) is 6.26. The Morgan fingerprint density at radius 1 is 0.321 bits per heavy atom. The van der Waals surface area contributed by atoms with Gasteiger partial charge in [-0.2, -0.15) is 0 Å². The molecule has 0 atom stereocenters. The third-order valence-corrected chi connectivity index (χ3v) is 23.0. The van der Waals surface area contributed by atoms with Crippen molar-refractivity contribution in [1.29, 1.82) is 0 Å². The summed E-state index contributed by atoms with van der Waals surface area (Å²) in [4.78, 5) is 15.5. The summed E-state index contributed by atoms with van der Waals surface area (Å²) in [5.41, 5.74) is 33.4. The molecule has 0 fully saturated rings. The monoisotopic (exact) mass is 1430 g/mol. The molecule has 0 unspecified atom stereocenters. The molecule has 0 bridgehead atoms. The van der Waals surface area contributed by atoms with Crippen molar-refractivity contribution in [2.45, 2.75) is 146 Å². The Morgan fingerprint density at radius 2 is 0.734 bits per heavy atom. The van der Waals surface area contributed by atoms with E-state index in [-0.39, 0.29) is 25.1 Å². The van der Waals surface area contributed by atoms with Crippen molar-refractivity contribution >= 4 is 93.5 Å². The SMILES string of the molecule is Cc1cc(C)c(C)c(-c2c3ccc(C(C)C)cc3cc[n+]2C)c1.Cc1cccc2c1N(c1cc(C(C)(C)C)cc[n+]1C)B1N2c2ccccc2N1c1c(-c2ccccc2)cccc1-c1ccccc1.Cc1cccc2c1N(c1cc(C(C)(C)C)cc[n+]1C)B1N2c2ccccc2N1c1c(C(C)C)cccc1C(C)C. The summed E-state index contributed by atoms with van der Waals surface area (Å²) in [6, 6.07) is 89.6. The third-order valence-electron chi connectivity index (χ3n) is 23.0. The van der Waals surface area contributed by atoms with Crippen LogP contribution in [-0.2, 0) is 32.0 Å². The quantitative estimate of drug-likeness (QED) is 0.100. The van der Waals surface area contributed by atoms with Crippen molar-refractivity contribution in [1.82, 2.24) is 0 Å². The summed E-state index contributed by atoms with van der Waals surface area (Å²) < 4.78 is 6.81. The number of fused-ring (bicyclic) bond motifs is 11. The van der Waals surface area contributed by atoms with Gasteiger partial charge in [-0.1, -0.05) is 252 Å². The Bertz CT molecular complexity index is 5550. The number of hydrogen-bond acceptors (Lipinski definition) is 6. The first-order valence-corrected chi connectivity index (χ1v) is 39.2. The van der Waals surface area contributed by atoms with Crippen LogP contribution in [-0.4, -0.2) is 14.2 Å². The molecule has 0 radical (unpaired) electrons. The average Bonchev–Trinajstić information content (AvgIpc) is 1.54. The first kappa shape index (κ1) is 73.4. The van der Waals surface area contributed by atoms with Gasteiger partial charge in [0.25, 0.3) is 11.6 Å². The number of benzene rings is 10. The van der Waals surface area contributed by atoms with Gasteiger partial charge in [-0.25, -0.2) is 23.3 Å². The molecule has 11 heteroatoms. The molecule has 0 aliphatic carbocycles. The van der Waals surface area contributed by atoms with Gasteiger partial charge in [0.2, 0.25) is 5.69 Å². The van der Waals surface area contributed by atoms with Crippen LogP contribution in [0.25, 0.3) is 44.3 Å². The predicted molar refractivity (Wildman–Crippen MR) is 463 cm³/mol. The van der Waals surface area contributed by atoms with Crippen LogP contribution >= 0.6 is 0 Å². The van der Waals surface area contributed by atoms with Crippen molar-refractivity contribution in [3.63, 3.8) is 0 Å². The van der Waals surface area contributed by atoms with Crippen molar-refractivity contribution in [2.75, 3.05) is 28.9 Å². The first-order valence-electron chi connectivity index (χ1n) is 39.2. The molecule has 109 heavy (non-hydrogen) atoms. The highest BCUT2D eigenvalue weighted by Crippen LogP contribution is 2.61. The van der Waals surface area contributed by atoms with E-state index in [4.69, 9.17) is 0 Å². The molecule has 4 aliphatic rings. The first-order chi connectivity index (χ1) is 52.2. The maximum atomic E-state index is 2.63. The molecule has 0 saturated heterocycles. The van der Waals surface area contributed by atoms with Gasteiger partial charge in [-0.15, -0.1) is 0 Å². The number of para-hydroxylation sites is 8. The Labute approximate surface area is 649 Å². The smallest absolute Gasteiger partial charge is 0.320 e. The average molecular weight is 1430 g/mol. The Kier molecular flexibility index (Phi) is 19.4. The molecule has 546 valence electrons. The lowest BCUT2D eigenvalue weighted by molar-refractivity contribution is -0.659. The fourth-order valence-electron chi connectivity index (χ4n) is 17.1. The van der Waals surface area contributed by atoms with Gasteiger partial charge in [0.15, 0.2) is 6.20 Å². The lowest BCUT2D eigenvalue weighted by Crippen LogP contribution is -2.55. The second-order valence-electron chi connectivity index (χ2n) is 33.6. The molecule has 0 N–H and O–H groups in total. The molecule has 13 aromatic rings. The molecule has 17 rings (SSSR count). The van der Waals surface area contributed by atoms with Crippen LogP contribution in [0.1, 0.15) is 156 Å². The Balaban J connectivity index is 0.000000137. The fraction of sp³-hybridized carbons (Fsp3) is 0.255. The standard InChI is InChI=1S/C41H38BN4.C35H42BN4.C22H26N/c1-29-16-14-25-37-39(29)46(38-28-32(41(2,3)4)26-27-43(38)5)42-44(37)35-23-12-13-24-36(35)45(42)40-33(30-17-8-6-9-18-30)21-15-22-34(40)31-19-10-7-11-20-31;1-23(2)27-15-13-16-28(24(3)4)34(27)39-30-18-11-10-17-29(30)38-31-19-12-14-25(5)33(31)40(36(38)39)32-22-26(35(6,7)8)20-21-37(32)9;1-14(2)18-7-8-20-19(13-18)9-10-23(6)22(20)21-12-15(3)11-16(4)17(21)5/h6-28H,1-5H3;10-24H,1-9H3;7-14H,1-6H3/q3*+1. The van der Waals surface area contributed by atoms with E-state index in [1.54, 1.807) is 0 Å². The molecule has 10 aromatic carbocycles. The van der Waals surface area contributed by atoms with Crippen LogP contribution in [0, 0.1) is 34.6 Å². The van der Waals surface area contributed by atoms with Crippen molar-refractivity contribution in [3.05, 3.63) is 317 Å². The fourth-order valence-corrected chi connectivity index (χ4v) is 17.1. The molecule has 9 nitrogen and oxygen atoms in total. The summed E-state index contributed by atoms with van der Waals surface area (Å²) in [5.74, 6) is 3.70. The van der Waals surface area contributed by atoms with Gasteiger partial charge in [0.05, 0.1) is 71.6 Å². The number of aromatic nitrogens is 3. The molecule has 0 amide bonds. The van der Waals surface area contributed by atoms with Crippen LogP contribution in [0.4, 0.5) is 68.5 Å². The van der Waals surface area contributed by atoms with E-state index in [9.17, 15) is 0 Å². The largest absolute Gasteiger partial charge is 0.643 e. The molecular weight excluding hydrogens is 1320 g/mol. The maximum Gasteiger partial charge on any atom is 0.643 e. The zero-order chi connectivity index (χ0) is 76.8. The second kappa shape index (κ2) is 28.8. The molecule has 3 aromatic heterocycles. The minimum absolute atomic E-state index is 0.00962. The van der Waals surface area contributed by atoms with E-state index in [0.29, 0.717) is 17.8 Å². The molecule has 0 saturated carbocycles. The number of hydrogen-bond donors (Lipinski definition) is 0. The van der Waals surface area contributed by atoms with Crippen LogP contribution in [0.2, 0.25) is 0 Å². The lowest BCUT2D eigenvalue weighted by Gasteiger charge is -2.32. The highest BCUT2D eigenvalue weighted by atomic mass is 15.5. The Hall–Kier alpha value is -11.2. The summed E-state index contributed by atoms with van der Waals surface area (Å²) in [6.45, 7) is 38.7. The van der Waals surface area contributed by atoms with Gasteiger partial charge in [-0.05, 0) is 190 Å². The highest BCUT2D eigenvalue weighted by molar-refractivity contribution is 6.81.